The lowest BCUT2D eigenvalue weighted by molar-refractivity contribution is 0.475. The van der Waals surface area contributed by atoms with Gasteiger partial charge >= 0.3 is 0 Å². The van der Waals surface area contributed by atoms with E-state index in [0.29, 0.717) is 13.3 Å². The smallest absolute Gasteiger partial charge is 0.127 e. The van der Waals surface area contributed by atoms with Crippen molar-refractivity contribution in [1.82, 2.24) is 0 Å². The molecule has 0 atom stereocenters. The number of ether oxygens (including phenoxy) is 1. The van der Waals surface area contributed by atoms with E-state index in [4.69, 9.17) is 4.74 Å². The molecule has 2 aliphatic rings. The van der Waals surface area contributed by atoms with Crippen molar-refractivity contribution in [3.63, 3.8) is 0 Å². The number of nitrogens with zero attached hydrogens (tertiary/aromatic N) is 4. The number of benzene rings is 8. The molecule has 2 heterocycles. The minimum absolute atomic E-state index is 0.671. The fraction of sp³-hybridized carbons (Fsp3) is 0.111. The van der Waals surface area contributed by atoms with Gasteiger partial charge in [-0.05, 0) is 81.9 Å². The lowest BCUT2D eigenvalue weighted by Crippen LogP contribution is -2.49. The van der Waals surface area contributed by atoms with Crippen LogP contribution in [0.4, 0.5) is 22.7 Å². The van der Waals surface area contributed by atoms with Crippen LogP contribution in [0.15, 0.2) is 218 Å². The molecule has 0 saturated carbocycles. The van der Waals surface area contributed by atoms with Gasteiger partial charge in [-0.25, -0.2) is 0 Å². The van der Waals surface area contributed by atoms with Crippen molar-refractivity contribution < 1.29 is 4.74 Å². The number of rotatable bonds is 10. The van der Waals surface area contributed by atoms with Crippen LogP contribution in [-0.4, -0.2) is 27.4 Å². The van der Waals surface area contributed by atoms with Crippen molar-refractivity contribution in [2.45, 2.75) is 11.1 Å². The fourth-order valence-corrected chi connectivity index (χ4v) is 9.69. The zero-order chi connectivity index (χ0) is 39.8. The summed E-state index contributed by atoms with van der Waals surface area (Å²) in [5, 5.41) is 0. The predicted molar refractivity (Wildman–Crippen MR) is 243 cm³/mol. The quantitative estimate of drug-likeness (QED) is 0.129. The Morgan fingerprint density at radius 1 is 0.322 bits per heavy atom. The molecule has 2 aliphatic heterocycles. The molecule has 10 rings (SSSR count). The first-order chi connectivity index (χ1) is 29.1. The Kier molecular flexibility index (Phi) is 9.14. The largest absolute Gasteiger partial charge is 0.457 e. The Bertz CT molecular complexity index is 2440. The number of anilines is 4. The molecule has 59 heavy (non-hydrogen) atoms. The number of hydrogen-bond acceptors (Lipinski definition) is 5. The normalized spacial score (nSPS) is 13.7. The van der Waals surface area contributed by atoms with Crippen molar-refractivity contribution in [2.75, 3.05) is 47.0 Å². The molecule has 0 radical (unpaired) electrons. The number of fused-ring (bicyclic) bond motifs is 2. The second-order valence-electron chi connectivity index (χ2n) is 15.6. The van der Waals surface area contributed by atoms with Crippen LogP contribution in [0.1, 0.15) is 33.4 Å². The van der Waals surface area contributed by atoms with Crippen molar-refractivity contribution in [3.8, 4) is 11.5 Å². The van der Waals surface area contributed by atoms with Crippen LogP contribution in [0.2, 0.25) is 0 Å². The highest BCUT2D eigenvalue weighted by atomic mass is 16.5. The van der Waals surface area contributed by atoms with Crippen LogP contribution in [0.5, 0.6) is 11.5 Å². The molecule has 0 N–H and O–H groups in total. The second-order valence-corrected chi connectivity index (χ2v) is 15.6. The van der Waals surface area contributed by atoms with Crippen molar-refractivity contribution in [3.05, 3.63) is 252 Å². The first-order valence-corrected chi connectivity index (χ1v) is 20.3. The third-order valence-corrected chi connectivity index (χ3v) is 12.2. The second kappa shape index (κ2) is 14.9. The highest BCUT2D eigenvalue weighted by Crippen LogP contribution is 2.52. The summed E-state index contributed by atoms with van der Waals surface area (Å²) in [6.07, 6.45) is 0. The van der Waals surface area contributed by atoms with Crippen molar-refractivity contribution in [1.29, 1.82) is 0 Å². The van der Waals surface area contributed by atoms with E-state index < -0.39 is 11.1 Å². The molecule has 0 fully saturated rings. The third-order valence-electron chi connectivity index (χ3n) is 12.2. The standard InChI is InChI=1S/C54H46N4O/c1-55-39-57(51-35-17-15-33-49(51)55)53(41-21-7-3-8-22-41,42-23-9-4-10-24-42)45-29-19-31-47(37-45)59-48-32-20-30-46(38-48)54(43-25-11-5-12-26-43,44-27-13-6-14-28-44)58-40-56(2)50-34-16-18-36-52(50)58/h3-38H,39-40H2,1-2H3. The molecule has 8 aromatic rings. The van der Waals surface area contributed by atoms with Crippen LogP contribution >= 0.6 is 0 Å². The average Bonchev–Trinajstić information content (AvgIpc) is 3.82. The van der Waals surface area contributed by atoms with Crippen LogP contribution in [0.3, 0.4) is 0 Å². The summed E-state index contributed by atoms with van der Waals surface area (Å²) in [5.41, 5.74) is 10.4. The SMILES string of the molecule is CN1CN(C(c2ccccc2)(c2ccccc2)c2cccc(Oc3cccc(C(c4ccccc4)(c4ccccc4)N4CN(C)c5ccccc54)c3)c2)c2ccccc21. The van der Waals surface area contributed by atoms with Gasteiger partial charge in [0.05, 0.1) is 36.1 Å². The van der Waals surface area contributed by atoms with Crippen molar-refractivity contribution >= 4 is 22.7 Å². The van der Waals surface area contributed by atoms with E-state index in [0.717, 1.165) is 22.6 Å². The molecule has 0 aromatic heterocycles. The van der Waals surface area contributed by atoms with E-state index in [1.54, 1.807) is 0 Å². The first kappa shape index (κ1) is 36.1. The molecule has 0 unspecified atom stereocenters. The summed E-state index contributed by atoms with van der Waals surface area (Å²) in [5.74, 6) is 1.54. The van der Waals surface area contributed by atoms with E-state index in [-0.39, 0.29) is 0 Å². The Labute approximate surface area is 347 Å². The molecule has 0 aliphatic carbocycles. The summed E-state index contributed by atoms with van der Waals surface area (Å²) in [6, 6.07) is 78.4. The monoisotopic (exact) mass is 766 g/mol. The van der Waals surface area contributed by atoms with E-state index in [1.165, 1.54) is 45.0 Å². The average molecular weight is 767 g/mol. The third kappa shape index (κ3) is 5.92. The molecule has 5 nitrogen and oxygen atoms in total. The Morgan fingerprint density at radius 3 is 0.949 bits per heavy atom. The molecular formula is C54H46N4O. The first-order valence-electron chi connectivity index (χ1n) is 20.3. The zero-order valence-corrected chi connectivity index (χ0v) is 33.4. The Hall–Kier alpha value is -7.24. The van der Waals surface area contributed by atoms with E-state index in [1.807, 2.05) is 0 Å². The Morgan fingerprint density at radius 2 is 0.610 bits per heavy atom. The summed E-state index contributed by atoms with van der Waals surface area (Å²) in [7, 11) is 4.35. The Balaban J connectivity index is 1.13. The van der Waals surface area contributed by atoms with E-state index in [9.17, 15) is 0 Å². The minimum Gasteiger partial charge on any atom is -0.457 e. The number of hydrogen-bond donors (Lipinski definition) is 0. The minimum atomic E-state index is -0.671. The van der Waals surface area contributed by atoms with Crippen LogP contribution in [0, 0.1) is 0 Å². The van der Waals surface area contributed by atoms with E-state index in [2.05, 4.69) is 252 Å². The van der Waals surface area contributed by atoms with Gasteiger partial charge < -0.3 is 24.3 Å². The van der Waals surface area contributed by atoms with Gasteiger partial charge in [-0.3, -0.25) is 0 Å². The van der Waals surface area contributed by atoms with Gasteiger partial charge in [0.1, 0.15) is 22.6 Å². The summed E-state index contributed by atoms with van der Waals surface area (Å²) in [4.78, 5) is 9.77. The van der Waals surface area contributed by atoms with Gasteiger partial charge in [0.2, 0.25) is 0 Å². The van der Waals surface area contributed by atoms with Gasteiger partial charge in [-0.15, -0.1) is 0 Å². The summed E-state index contributed by atoms with van der Waals surface area (Å²) < 4.78 is 7.04. The van der Waals surface area contributed by atoms with Crippen LogP contribution in [-0.2, 0) is 11.1 Å². The molecule has 0 amide bonds. The van der Waals surface area contributed by atoms with Crippen molar-refractivity contribution in [2.24, 2.45) is 0 Å². The van der Waals surface area contributed by atoms with E-state index >= 15 is 0 Å². The highest BCUT2D eigenvalue weighted by Gasteiger charge is 2.47. The van der Waals surface area contributed by atoms with Crippen LogP contribution < -0.4 is 24.3 Å². The van der Waals surface area contributed by atoms with Gasteiger partial charge in [0, 0.05) is 14.1 Å². The maximum Gasteiger partial charge on any atom is 0.127 e. The lowest BCUT2D eigenvalue weighted by atomic mass is 9.75. The fourth-order valence-electron chi connectivity index (χ4n) is 9.69. The molecule has 5 heteroatoms. The lowest BCUT2D eigenvalue weighted by Gasteiger charge is -2.45. The van der Waals surface area contributed by atoms with Crippen LogP contribution in [0.25, 0.3) is 0 Å². The van der Waals surface area contributed by atoms with Gasteiger partial charge in [-0.2, -0.15) is 0 Å². The zero-order valence-electron chi connectivity index (χ0n) is 33.4. The highest BCUT2D eigenvalue weighted by molar-refractivity contribution is 5.81. The molecule has 0 saturated heterocycles. The maximum atomic E-state index is 7.04. The molecular weight excluding hydrogens is 721 g/mol. The topological polar surface area (TPSA) is 22.2 Å². The molecule has 0 bridgehead atoms. The van der Waals surface area contributed by atoms with Gasteiger partial charge in [0.25, 0.3) is 0 Å². The number of para-hydroxylation sites is 4. The maximum absolute atomic E-state index is 7.04. The van der Waals surface area contributed by atoms with Gasteiger partial charge in [0.15, 0.2) is 0 Å². The van der Waals surface area contributed by atoms with Gasteiger partial charge in [-0.1, -0.05) is 170 Å². The summed E-state index contributed by atoms with van der Waals surface area (Å²) in [6.45, 7) is 1.43. The predicted octanol–water partition coefficient (Wildman–Crippen LogP) is 11.9. The summed E-state index contributed by atoms with van der Waals surface area (Å²) >= 11 is 0. The molecule has 0 spiro atoms. The molecule has 288 valence electrons. The molecule has 8 aromatic carbocycles.